The van der Waals surface area contributed by atoms with Gasteiger partial charge in [0.15, 0.2) is 0 Å². The molecular formula is C14H17N3O4. The second-order valence-electron chi connectivity index (χ2n) is 5.80. The minimum Gasteiger partial charge on any atom is -0.480 e. The Morgan fingerprint density at radius 3 is 2.62 bits per heavy atom. The van der Waals surface area contributed by atoms with E-state index >= 15 is 0 Å². The van der Waals surface area contributed by atoms with Gasteiger partial charge in [0.1, 0.15) is 6.54 Å². The van der Waals surface area contributed by atoms with Crippen LogP contribution < -0.4 is 0 Å². The number of rotatable bonds is 3. The van der Waals surface area contributed by atoms with Gasteiger partial charge < -0.3 is 14.5 Å². The minimum absolute atomic E-state index is 0.310. The van der Waals surface area contributed by atoms with Crippen LogP contribution in [0.15, 0.2) is 16.8 Å². The highest BCUT2D eigenvalue weighted by atomic mass is 16.5. The van der Waals surface area contributed by atoms with Crippen LogP contribution in [0.2, 0.25) is 0 Å². The molecule has 2 heterocycles. The largest absolute Gasteiger partial charge is 0.480 e. The van der Waals surface area contributed by atoms with Crippen LogP contribution in [0, 0.1) is 6.92 Å². The highest BCUT2D eigenvalue weighted by molar-refractivity contribution is 5.98. The van der Waals surface area contributed by atoms with E-state index in [0.717, 1.165) is 0 Å². The summed E-state index contributed by atoms with van der Waals surface area (Å²) in [6.07, 6.45) is 1.37. The minimum atomic E-state index is -1.06. The number of hydrogen-bond acceptors (Lipinski definition) is 5. The lowest BCUT2D eigenvalue weighted by Gasteiger charge is -2.34. The van der Waals surface area contributed by atoms with Gasteiger partial charge in [0.05, 0.1) is 16.6 Å². The van der Waals surface area contributed by atoms with Gasteiger partial charge >= 0.3 is 5.97 Å². The maximum atomic E-state index is 12.6. The number of aryl methyl sites for hydroxylation is 1. The molecule has 7 nitrogen and oxygen atoms in total. The van der Waals surface area contributed by atoms with Crippen LogP contribution in [-0.2, 0) is 4.79 Å². The maximum Gasteiger partial charge on any atom is 0.323 e. The standard InChI is InChI=1S/C14H17N3O4/c1-8-10-5-9(6-15-12(10)21-16-8)13(20)17(7-11(18)19)14(2,3)4/h5-6H,7H2,1-4H3,(H,18,19). The Morgan fingerprint density at radius 2 is 2.05 bits per heavy atom. The summed E-state index contributed by atoms with van der Waals surface area (Å²) in [6.45, 7) is 6.73. The molecule has 0 saturated carbocycles. The number of carboxylic acid groups (broad SMARTS) is 1. The molecule has 1 amide bonds. The second kappa shape index (κ2) is 5.16. The summed E-state index contributed by atoms with van der Waals surface area (Å²) >= 11 is 0. The second-order valence-corrected chi connectivity index (χ2v) is 5.80. The SMILES string of the molecule is Cc1noc2ncc(C(=O)N(CC(=O)O)C(C)(C)C)cc12. The van der Waals surface area contributed by atoms with E-state index in [4.69, 9.17) is 9.63 Å². The first-order valence-electron chi connectivity index (χ1n) is 6.46. The average molecular weight is 291 g/mol. The molecule has 0 unspecified atom stereocenters. The molecule has 0 atom stereocenters. The fraction of sp³-hybridized carbons (Fsp3) is 0.429. The molecule has 2 aromatic heterocycles. The van der Waals surface area contributed by atoms with E-state index in [1.165, 1.54) is 11.1 Å². The van der Waals surface area contributed by atoms with E-state index in [2.05, 4.69) is 10.1 Å². The lowest BCUT2D eigenvalue weighted by molar-refractivity contribution is -0.138. The van der Waals surface area contributed by atoms with Crippen LogP contribution in [0.25, 0.3) is 11.1 Å². The van der Waals surface area contributed by atoms with Crippen molar-refractivity contribution >= 4 is 23.0 Å². The van der Waals surface area contributed by atoms with Crippen molar-refractivity contribution in [3.63, 3.8) is 0 Å². The van der Waals surface area contributed by atoms with Crippen molar-refractivity contribution in [2.45, 2.75) is 33.2 Å². The third-order valence-corrected chi connectivity index (χ3v) is 3.11. The van der Waals surface area contributed by atoms with E-state index in [1.54, 1.807) is 33.8 Å². The van der Waals surface area contributed by atoms with Crippen LogP contribution in [0.5, 0.6) is 0 Å². The number of hydrogen-bond donors (Lipinski definition) is 1. The number of carbonyl (C=O) groups is 2. The van der Waals surface area contributed by atoms with Crippen LogP contribution >= 0.6 is 0 Å². The first kappa shape index (κ1) is 15.0. The fourth-order valence-corrected chi connectivity index (χ4v) is 1.97. The molecule has 0 fully saturated rings. The summed E-state index contributed by atoms with van der Waals surface area (Å²) in [5.41, 5.74) is 0.677. The molecule has 21 heavy (non-hydrogen) atoms. The monoisotopic (exact) mass is 291 g/mol. The number of pyridine rings is 1. The summed E-state index contributed by atoms with van der Waals surface area (Å²) < 4.78 is 5.00. The third-order valence-electron chi connectivity index (χ3n) is 3.11. The molecular weight excluding hydrogens is 274 g/mol. The third kappa shape index (κ3) is 3.01. The van der Waals surface area contributed by atoms with Gasteiger partial charge in [-0.2, -0.15) is 0 Å². The molecule has 0 bridgehead atoms. The molecule has 0 saturated heterocycles. The number of fused-ring (bicyclic) bond motifs is 1. The lowest BCUT2D eigenvalue weighted by atomic mass is 10.0. The van der Waals surface area contributed by atoms with Crippen molar-refractivity contribution in [2.24, 2.45) is 0 Å². The Kier molecular flexibility index (Phi) is 3.67. The fourth-order valence-electron chi connectivity index (χ4n) is 1.97. The Morgan fingerprint density at radius 1 is 1.38 bits per heavy atom. The molecule has 0 aromatic carbocycles. The van der Waals surface area contributed by atoms with Crippen molar-refractivity contribution in [2.75, 3.05) is 6.54 Å². The average Bonchev–Trinajstić information content (AvgIpc) is 2.75. The van der Waals surface area contributed by atoms with Crippen molar-refractivity contribution in [1.29, 1.82) is 0 Å². The van der Waals surface area contributed by atoms with Gasteiger partial charge in [0.2, 0.25) is 0 Å². The Labute approximate surface area is 121 Å². The van der Waals surface area contributed by atoms with E-state index in [1.807, 2.05) is 0 Å². The van der Waals surface area contributed by atoms with E-state index < -0.39 is 11.5 Å². The highest BCUT2D eigenvalue weighted by Gasteiger charge is 2.29. The number of carbonyl (C=O) groups excluding carboxylic acids is 1. The zero-order valence-corrected chi connectivity index (χ0v) is 12.4. The summed E-state index contributed by atoms with van der Waals surface area (Å²) in [5.74, 6) is -1.45. The van der Waals surface area contributed by atoms with Gasteiger partial charge in [-0.1, -0.05) is 5.16 Å². The molecule has 7 heteroatoms. The predicted octanol–water partition coefficient (Wildman–Crippen LogP) is 1.86. The molecule has 0 spiro atoms. The maximum absolute atomic E-state index is 12.6. The Hall–Kier alpha value is -2.44. The number of amides is 1. The van der Waals surface area contributed by atoms with Crippen LogP contribution in [0.1, 0.15) is 36.8 Å². The zero-order valence-electron chi connectivity index (χ0n) is 12.4. The molecule has 2 aromatic rings. The molecule has 0 aliphatic heterocycles. The van der Waals surface area contributed by atoms with Gasteiger partial charge in [-0.3, -0.25) is 9.59 Å². The summed E-state index contributed by atoms with van der Waals surface area (Å²) in [7, 11) is 0. The number of carboxylic acids is 1. The zero-order chi connectivity index (χ0) is 15.8. The quantitative estimate of drug-likeness (QED) is 0.927. The molecule has 112 valence electrons. The number of aromatic nitrogens is 2. The molecule has 0 radical (unpaired) electrons. The topological polar surface area (TPSA) is 96.5 Å². The smallest absolute Gasteiger partial charge is 0.323 e. The highest BCUT2D eigenvalue weighted by Crippen LogP contribution is 2.21. The van der Waals surface area contributed by atoms with Crippen molar-refractivity contribution in [3.05, 3.63) is 23.5 Å². The first-order valence-corrected chi connectivity index (χ1v) is 6.46. The van der Waals surface area contributed by atoms with Gasteiger partial charge in [-0.15, -0.1) is 0 Å². The van der Waals surface area contributed by atoms with Gasteiger partial charge in [0.25, 0.3) is 11.6 Å². The predicted molar refractivity (Wildman–Crippen MR) is 75.0 cm³/mol. The van der Waals surface area contributed by atoms with Gasteiger partial charge in [-0.05, 0) is 33.8 Å². The van der Waals surface area contributed by atoms with E-state index in [-0.39, 0.29) is 12.5 Å². The normalized spacial score (nSPS) is 11.6. The Bertz CT molecular complexity index is 700. The molecule has 2 rings (SSSR count). The number of nitrogens with zero attached hydrogens (tertiary/aromatic N) is 3. The van der Waals surface area contributed by atoms with Gasteiger partial charge in [0, 0.05) is 11.7 Å². The van der Waals surface area contributed by atoms with Crippen LogP contribution in [0.4, 0.5) is 0 Å². The van der Waals surface area contributed by atoms with E-state index in [0.29, 0.717) is 22.4 Å². The van der Waals surface area contributed by atoms with Crippen LogP contribution in [0.3, 0.4) is 0 Å². The number of aliphatic carboxylic acids is 1. The Balaban J connectivity index is 2.42. The van der Waals surface area contributed by atoms with Crippen molar-refractivity contribution < 1.29 is 19.2 Å². The van der Waals surface area contributed by atoms with E-state index in [9.17, 15) is 9.59 Å². The van der Waals surface area contributed by atoms with Crippen LogP contribution in [-0.4, -0.2) is 44.1 Å². The molecule has 1 N–H and O–H groups in total. The summed E-state index contributed by atoms with van der Waals surface area (Å²) in [5, 5.41) is 13.4. The summed E-state index contributed by atoms with van der Waals surface area (Å²) in [4.78, 5) is 28.9. The molecule has 0 aliphatic rings. The first-order chi connectivity index (χ1) is 9.70. The van der Waals surface area contributed by atoms with Gasteiger partial charge in [-0.25, -0.2) is 4.98 Å². The molecule has 0 aliphatic carbocycles. The lowest BCUT2D eigenvalue weighted by Crippen LogP contribution is -2.48. The van der Waals surface area contributed by atoms with Crippen molar-refractivity contribution in [3.8, 4) is 0 Å². The summed E-state index contributed by atoms with van der Waals surface area (Å²) in [6, 6.07) is 1.62. The van der Waals surface area contributed by atoms with Crippen molar-refractivity contribution in [1.82, 2.24) is 15.0 Å².